The van der Waals surface area contributed by atoms with Crippen LogP contribution in [0.4, 0.5) is 17.6 Å². The summed E-state index contributed by atoms with van der Waals surface area (Å²) < 4.78 is 78.8. The number of hydrogen-bond acceptors (Lipinski definition) is 4. The van der Waals surface area contributed by atoms with Gasteiger partial charge in [0, 0.05) is 17.3 Å². The van der Waals surface area contributed by atoms with Crippen molar-refractivity contribution in [2.45, 2.75) is 30.0 Å². The number of aromatic nitrogens is 1. The lowest BCUT2D eigenvalue weighted by Crippen LogP contribution is -2.44. The Kier molecular flexibility index (Phi) is 3.99. The zero-order valence-electron chi connectivity index (χ0n) is 13.6. The van der Waals surface area contributed by atoms with E-state index < -0.39 is 48.7 Å². The van der Waals surface area contributed by atoms with Crippen LogP contribution in [-0.4, -0.2) is 19.2 Å². The molecule has 1 aliphatic rings. The number of sulfone groups is 1. The number of carbonyl (C=O) groups excluding carboxylic acids is 1. The first-order valence-corrected chi connectivity index (χ1v) is 9.04. The Morgan fingerprint density at radius 3 is 2.38 bits per heavy atom. The van der Waals surface area contributed by atoms with Gasteiger partial charge in [0.05, 0.1) is 11.3 Å². The van der Waals surface area contributed by atoms with Gasteiger partial charge in [0.15, 0.2) is 20.9 Å². The molecule has 1 aromatic carbocycles. The lowest BCUT2D eigenvalue weighted by molar-refractivity contribution is -0.138. The van der Waals surface area contributed by atoms with Crippen molar-refractivity contribution in [3.63, 3.8) is 0 Å². The Bertz CT molecular complexity index is 1010. The fourth-order valence-electron chi connectivity index (χ4n) is 3.13. The van der Waals surface area contributed by atoms with Gasteiger partial charge in [0.1, 0.15) is 10.6 Å². The third kappa shape index (κ3) is 2.45. The van der Waals surface area contributed by atoms with Crippen LogP contribution in [0.25, 0.3) is 0 Å². The van der Waals surface area contributed by atoms with Gasteiger partial charge in [-0.3, -0.25) is 9.78 Å². The van der Waals surface area contributed by atoms with Crippen molar-refractivity contribution >= 4 is 15.6 Å². The first kappa shape index (κ1) is 18.5. The van der Waals surface area contributed by atoms with Gasteiger partial charge in [-0.05, 0) is 38.1 Å². The molecule has 1 atom stereocenters. The highest BCUT2D eigenvalue weighted by Crippen LogP contribution is 2.48. The molecule has 0 spiro atoms. The summed E-state index contributed by atoms with van der Waals surface area (Å²) in [6, 6.07) is 4.74. The van der Waals surface area contributed by atoms with Crippen molar-refractivity contribution in [3.05, 3.63) is 64.7 Å². The number of ketones is 1. The predicted octanol–water partition coefficient (Wildman–Crippen LogP) is 3.83. The number of rotatable bonds is 1. The standard InChI is InChI=1S/C17H13F4NO3S/c1-16(2)15-9(5-4-8-22-15)13(23)14(26(16,24)25)12-10(17(19,20)21)6-3-7-11(12)18/h3-8,14H,1-2H3. The minimum absolute atomic E-state index is 0.0638. The Hall–Kier alpha value is -2.29. The molecule has 138 valence electrons. The average Bonchev–Trinajstić information content (AvgIpc) is 2.54. The number of alkyl halides is 3. The number of fused-ring (bicyclic) bond motifs is 1. The maximum atomic E-state index is 14.4. The Morgan fingerprint density at radius 2 is 1.77 bits per heavy atom. The molecule has 3 rings (SSSR count). The van der Waals surface area contributed by atoms with E-state index in [0.717, 1.165) is 6.07 Å². The molecule has 2 heterocycles. The summed E-state index contributed by atoms with van der Waals surface area (Å²) in [5.41, 5.74) is -2.85. The van der Waals surface area contributed by atoms with Crippen LogP contribution < -0.4 is 0 Å². The van der Waals surface area contributed by atoms with Crippen LogP contribution in [0.5, 0.6) is 0 Å². The molecule has 9 heteroatoms. The third-order valence-electron chi connectivity index (χ3n) is 4.52. The summed E-state index contributed by atoms with van der Waals surface area (Å²) in [5.74, 6) is -2.52. The molecular weight excluding hydrogens is 374 g/mol. The lowest BCUT2D eigenvalue weighted by atomic mass is 9.92. The van der Waals surface area contributed by atoms with Crippen LogP contribution in [-0.2, 0) is 20.8 Å². The number of carbonyl (C=O) groups is 1. The second kappa shape index (κ2) is 5.60. The quantitative estimate of drug-likeness (QED) is 0.698. The number of benzene rings is 1. The van der Waals surface area contributed by atoms with E-state index in [1.165, 1.54) is 32.2 Å². The van der Waals surface area contributed by atoms with E-state index in [9.17, 15) is 30.8 Å². The number of pyridine rings is 1. The van der Waals surface area contributed by atoms with Crippen molar-refractivity contribution < 1.29 is 30.8 Å². The van der Waals surface area contributed by atoms with Gasteiger partial charge < -0.3 is 0 Å². The highest BCUT2D eigenvalue weighted by atomic mass is 32.2. The van der Waals surface area contributed by atoms with Gasteiger partial charge in [-0.2, -0.15) is 13.2 Å². The van der Waals surface area contributed by atoms with Gasteiger partial charge in [-0.25, -0.2) is 12.8 Å². The average molecular weight is 387 g/mol. The lowest BCUT2D eigenvalue weighted by Gasteiger charge is -2.36. The minimum Gasteiger partial charge on any atom is -0.292 e. The normalized spacial score (nSPS) is 21.3. The Morgan fingerprint density at radius 1 is 1.12 bits per heavy atom. The van der Waals surface area contributed by atoms with Crippen LogP contribution in [0, 0.1) is 5.82 Å². The topological polar surface area (TPSA) is 64.1 Å². The largest absolute Gasteiger partial charge is 0.416 e. The second-order valence-electron chi connectivity index (χ2n) is 6.40. The number of Topliss-reactive ketones (excluding diaryl/α,β-unsaturated/α-hetero) is 1. The predicted molar refractivity (Wildman–Crippen MR) is 84.7 cm³/mol. The van der Waals surface area contributed by atoms with Crippen molar-refractivity contribution in [3.8, 4) is 0 Å². The minimum atomic E-state index is -5.02. The van der Waals surface area contributed by atoms with E-state index in [2.05, 4.69) is 4.98 Å². The van der Waals surface area contributed by atoms with E-state index >= 15 is 0 Å². The van der Waals surface area contributed by atoms with E-state index in [1.807, 2.05) is 0 Å². The maximum absolute atomic E-state index is 14.4. The summed E-state index contributed by atoms with van der Waals surface area (Å²) >= 11 is 0. The molecule has 26 heavy (non-hydrogen) atoms. The monoisotopic (exact) mass is 387 g/mol. The molecule has 0 fully saturated rings. The van der Waals surface area contributed by atoms with Gasteiger partial charge >= 0.3 is 6.18 Å². The zero-order valence-corrected chi connectivity index (χ0v) is 14.5. The molecule has 1 aliphatic heterocycles. The molecule has 0 saturated heterocycles. The summed E-state index contributed by atoms with van der Waals surface area (Å²) in [5, 5.41) is -2.30. The number of nitrogens with zero attached hydrogens (tertiary/aromatic N) is 1. The van der Waals surface area contributed by atoms with Gasteiger partial charge in [0.25, 0.3) is 0 Å². The second-order valence-corrected chi connectivity index (χ2v) is 8.98. The molecule has 0 amide bonds. The summed E-state index contributed by atoms with van der Waals surface area (Å²) in [6.45, 7) is 2.48. The van der Waals surface area contributed by atoms with Crippen LogP contribution in [0.3, 0.4) is 0 Å². The number of hydrogen-bond donors (Lipinski definition) is 0. The molecule has 1 unspecified atom stereocenters. The molecule has 0 bridgehead atoms. The van der Waals surface area contributed by atoms with Gasteiger partial charge in [-0.1, -0.05) is 6.07 Å². The zero-order chi connectivity index (χ0) is 19.5. The fraction of sp³-hybridized carbons (Fsp3) is 0.294. The molecule has 4 nitrogen and oxygen atoms in total. The molecule has 0 N–H and O–H groups in total. The van der Waals surface area contributed by atoms with E-state index in [4.69, 9.17) is 0 Å². The van der Waals surface area contributed by atoms with Crippen LogP contribution in [0.15, 0.2) is 36.5 Å². The van der Waals surface area contributed by atoms with Crippen LogP contribution in [0.1, 0.15) is 46.3 Å². The van der Waals surface area contributed by atoms with Gasteiger partial charge in [-0.15, -0.1) is 0 Å². The SMILES string of the molecule is CC1(C)c2ncccc2C(=O)C(c2c(F)cccc2C(F)(F)F)S1(=O)=O. The summed E-state index contributed by atoms with van der Waals surface area (Å²) in [6.07, 6.45) is -3.74. The van der Waals surface area contributed by atoms with E-state index in [-0.39, 0.29) is 11.3 Å². The van der Waals surface area contributed by atoms with E-state index in [1.54, 1.807) is 0 Å². The molecular formula is C17H13F4NO3S. The van der Waals surface area contributed by atoms with E-state index in [0.29, 0.717) is 12.1 Å². The van der Waals surface area contributed by atoms with Crippen molar-refractivity contribution in [2.75, 3.05) is 0 Å². The fourth-order valence-corrected chi connectivity index (χ4v) is 5.11. The molecule has 0 radical (unpaired) electrons. The number of halogens is 4. The van der Waals surface area contributed by atoms with Crippen molar-refractivity contribution in [2.24, 2.45) is 0 Å². The summed E-state index contributed by atoms with van der Waals surface area (Å²) in [7, 11) is -4.57. The molecule has 0 saturated carbocycles. The Labute approximate surface area is 146 Å². The molecule has 1 aromatic heterocycles. The Balaban J connectivity index is 2.40. The molecule has 0 aliphatic carbocycles. The molecule has 2 aromatic rings. The first-order chi connectivity index (χ1) is 11.9. The van der Waals surface area contributed by atoms with Crippen molar-refractivity contribution in [1.82, 2.24) is 4.98 Å². The smallest absolute Gasteiger partial charge is 0.292 e. The maximum Gasteiger partial charge on any atom is 0.416 e. The van der Waals surface area contributed by atoms with Crippen LogP contribution in [0.2, 0.25) is 0 Å². The first-order valence-electron chi connectivity index (χ1n) is 7.49. The third-order valence-corrected chi connectivity index (χ3v) is 7.21. The van der Waals surface area contributed by atoms with Crippen LogP contribution >= 0.6 is 0 Å². The van der Waals surface area contributed by atoms with Crippen molar-refractivity contribution in [1.29, 1.82) is 0 Å². The highest BCUT2D eigenvalue weighted by Gasteiger charge is 2.55. The summed E-state index contributed by atoms with van der Waals surface area (Å²) in [4.78, 5) is 16.7. The van der Waals surface area contributed by atoms with Gasteiger partial charge in [0.2, 0.25) is 0 Å². The highest BCUT2D eigenvalue weighted by molar-refractivity contribution is 7.93.